The summed E-state index contributed by atoms with van der Waals surface area (Å²) in [6, 6.07) is 27.3. The van der Waals surface area contributed by atoms with Crippen LogP contribution in [0, 0.1) is 0 Å². The molecule has 0 saturated heterocycles. The average molecular weight is 535 g/mol. The number of nitrogens with zero attached hydrogens (tertiary/aromatic N) is 3. The van der Waals surface area contributed by atoms with Gasteiger partial charge in [-0.2, -0.15) is 5.10 Å². The van der Waals surface area contributed by atoms with Crippen LogP contribution < -0.4 is 10.1 Å². The van der Waals surface area contributed by atoms with E-state index in [1.54, 1.807) is 11.0 Å². The minimum Gasteiger partial charge on any atom is -0.489 e. The van der Waals surface area contributed by atoms with Crippen LogP contribution in [0.15, 0.2) is 97.6 Å². The lowest BCUT2D eigenvalue weighted by Gasteiger charge is -2.18. The smallest absolute Gasteiger partial charge is 0.303 e. The first-order chi connectivity index (χ1) is 19.5. The Hall–Kier alpha value is -4.98. The van der Waals surface area contributed by atoms with Crippen molar-refractivity contribution >= 4 is 28.3 Å². The van der Waals surface area contributed by atoms with Crippen LogP contribution in [0.5, 0.6) is 5.75 Å². The van der Waals surface area contributed by atoms with Crippen LogP contribution in [-0.2, 0) is 22.6 Å². The summed E-state index contributed by atoms with van der Waals surface area (Å²) in [6.07, 6.45) is 4.19. The molecule has 0 aliphatic carbocycles. The molecular formula is C32H30N4O4. The van der Waals surface area contributed by atoms with Crippen LogP contribution in [0.4, 0.5) is 5.69 Å². The second-order valence-corrected chi connectivity index (χ2v) is 9.64. The van der Waals surface area contributed by atoms with Crippen LogP contribution in [0.1, 0.15) is 42.4 Å². The molecule has 8 heteroatoms. The van der Waals surface area contributed by atoms with E-state index >= 15 is 0 Å². The number of anilines is 1. The summed E-state index contributed by atoms with van der Waals surface area (Å²) in [5.74, 6) is -0.654. The van der Waals surface area contributed by atoms with Crippen molar-refractivity contribution in [3.8, 4) is 11.4 Å². The van der Waals surface area contributed by atoms with Crippen molar-refractivity contribution in [3.63, 3.8) is 0 Å². The lowest BCUT2D eigenvalue weighted by Crippen LogP contribution is -2.20. The molecule has 1 unspecified atom stereocenters. The Morgan fingerprint density at radius 2 is 1.80 bits per heavy atom. The number of hydrogen-bond donors (Lipinski definition) is 2. The Kier molecular flexibility index (Phi) is 8.15. The quantitative estimate of drug-likeness (QED) is 0.211. The SMILES string of the molecule is CC(C(=O)Nc1cc(COc2ccc(-n3cncn3)cc2)ccc1CCCC(=O)O)c1cccc2ccccc12. The molecule has 0 fully saturated rings. The van der Waals surface area contributed by atoms with Crippen molar-refractivity contribution in [3.05, 3.63) is 114 Å². The Balaban J connectivity index is 1.33. The minimum atomic E-state index is -0.838. The summed E-state index contributed by atoms with van der Waals surface area (Å²) in [7, 11) is 0. The summed E-state index contributed by atoms with van der Waals surface area (Å²) < 4.78 is 7.67. The number of amides is 1. The Bertz CT molecular complexity index is 1610. The molecular weight excluding hydrogens is 504 g/mol. The van der Waals surface area contributed by atoms with Gasteiger partial charge in [0.15, 0.2) is 0 Å². The van der Waals surface area contributed by atoms with Crippen molar-refractivity contribution in [1.29, 1.82) is 0 Å². The lowest BCUT2D eigenvalue weighted by atomic mass is 9.94. The number of ether oxygens (including phenoxy) is 1. The van der Waals surface area contributed by atoms with E-state index in [0.29, 0.717) is 30.9 Å². The molecule has 0 aliphatic rings. The first-order valence-corrected chi connectivity index (χ1v) is 13.2. The predicted octanol–water partition coefficient (Wildman–Crippen LogP) is 6.15. The normalized spacial score (nSPS) is 11.7. The van der Waals surface area contributed by atoms with Crippen LogP contribution >= 0.6 is 0 Å². The van der Waals surface area contributed by atoms with Crippen molar-refractivity contribution in [2.45, 2.75) is 38.7 Å². The lowest BCUT2D eigenvalue weighted by molar-refractivity contribution is -0.137. The fraction of sp³-hybridized carbons (Fsp3) is 0.188. The van der Waals surface area contributed by atoms with Crippen LogP contribution in [0.3, 0.4) is 0 Å². The number of carboxylic acid groups (broad SMARTS) is 1. The van der Waals surface area contributed by atoms with E-state index in [9.17, 15) is 9.59 Å². The number of rotatable bonds is 11. The van der Waals surface area contributed by atoms with E-state index < -0.39 is 5.97 Å². The maximum absolute atomic E-state index is 13.5. The first-order valence-electron chi connectivity index (χ1n) is 13.2. The highest BCUT2D eigenvalue weighted by molar-refractivity contribution is 5.99. The number of carbonyl (C=O) groups is 2. The average Bonchev–Trinajstić information content (AvgIpc) is 3.52. The summed E-state index contributed by atoms with van der Waals surface area (Å²) in [5, 5.41) is 18.5. The van der Waals surface area contributed by atoms with Crippen molar-refractivity contribution in [1.82, 2.24) is 14.8 Å². The molecule has 4 aromatic carbocycles. The number of carbonyl (C=O) groups excluding carboxylic acids is 1. The highest BCUT2D eigenvalue weighted by atomic mass is 16.5. The predicted molar refractivity (Wildman–Crippen MR) is 154 cm³/mol. The van der Waals surface area contributed by atoms with Gasteiger partial charge in [-0.15, -0.1) is 0 Å². The van der Waals surface area contributed by atoms with Gasteiger partial charge in [0.25, 0.3) is 0 Å². The van der Waals surface area contributed by atoms with Gasteiger partial charge in [-0.1, -0.05) is 54.6 Å². The number of nitrogens with one attached hydrogen (secondary N) is 1. The second-order valence-electron chi connectivity index (χ2n) is 9.64. The van der Waals surface area contributed by atoms with Gasteiger partial charge in [0.1, 0.15) is 25.0 Å². The van der Waals surface area contributed by atoms with E-state index in [4.69, 9.17) is 9.84 Å². The minimum absolute atomic E-state index is 0.0647. The molecule has 1 atom stereocenters. The Morgan fingerprint density at radius 3 is 2.58 bits per heavy atom. The molecule has 2 N–H and O–H groups in total. The Morgan fingerprint density at radius 1 is 1.00 bits per heavy atom. The zero-order chi connectivity index (χ0) is 27.9. The van der Waals surface area contributed by atoms with Gasteiger partial charge in [0.2, 0.25) is 5.91 Å². The highest BCUT2D eigenvalue weighted by Gasteiger charge is 2.19. The molecule has 0 radical (unpaired) electrons. The molecule has 8 nitrogen and oxygen atoms in total. The van der Waals surface area contributed by atoms with E-state index in [-0.39, 0.29) is 18.2 Å². The molecule has 40 heavy (non-hydrogen) atoms. The fourth-order valence-corrected chi connectivity index (χ4v) is 4.69. The molecule has 1 aromatic heterocycles. The van der Waals surface area contributed by atoms with E-state index in [1.165, 1.54) is 6.33 Å². The molecule has 5 rings (SSSR count). The van der Waals surface area contributed by atoms with Crippen LogP contribution in [0.2, 0.25) is 0 Å². The van der Waals surface area contributed by atoms with Gasteiger partial charge in [0, 0.05) is 12.1 Å². The summed E-state index contributed by atoms with van der Waals surface area (Å²) in [6.45, 7) is 2.21. The number of benzene rings is 4. The molecule has 1 heterocycles. The number of aryl methyl sites for hydroxylation is 1. The number of carboxylic acids is 1. The molecule has 0 saturated carbocycles. The van der Waals surface area contributed by atoms with Gasteiger partial charge < -0.3 is 15.2 Å². The highest BCUT2D eigenvalue weighted by Crippen LogP contribution is 2.28. The first kappa shape index (κ1) is 26.6. The Labute approximate surface area is 232 Å². The zero-order valence-corrected chi connectivity index (χ0v) is 22.2. The van der Waals surface area contributed by atoms with Gasteiger partial charge in [0.05, 0.1) is 11.6 Å². The van der Waals surface area contributed by atoms with Gasteiger partial charge in [-0.25, -0.2) is 9.67 Å². The van der Waals surface area contributed by atoms with E-state index in [0.717, 1.165) is 33.2 Å². The third-order valence-electron chi connectivity index (χ3n) is 6.88. The number of fused-ring (bicyclic) bond motifs is 1. The third-order valence-corrected chi connectivity index (χ3v) is 6.88. The summed E-state index contributed by atoms with van der Waals surface area (Å²) in [5.41, 5.74) is 4.28. The summed E-state index contributed by atoms with van der Waals surface area (Å²) >= 11 is 0. The maximum atomic E-state index is 13.5. The molecule has 0 spiro atoms. The fourth-order valence-electron chi connectivity index (χ4n) is 4.69. The van der Waals surface area contributed by atoms with Crippen LogP contribution in [-0.4, -0.2) is 31.7 Å². The van der Waals surface area contributed by atoms with E-state index in [1.807, 2.05) is 91.9 Å². The molecule has 0 aliphatic heterocycles. The van der Waals surface area contributed by atoms with Gasteiger partial charge in [-0.05, 0) is 77.6 Å². The largest absolute Gasteiger partial charge is 0.489 e. The number of hydrogen-bond acceptors (Lipinski definition) is 5. The summed E-state index contributed by atoms with van der Waals surface area (Å²) in [4.78, 5) is 28.5. The topological polar surface area (TPSA) is 106 Å². The number of aromatic nitrogens is 3. The standard InChI is InChI=1S/C32H30N4O4/c1-22(28-10-4-7-24-6-2-3-9-29(24)28)32(39)35-30-18-23(12-13-25(30)8-5-11-31(37)38)19-40-27-16-14-26(15-17-27)36-21-33-20-34-36/h2-4,6-7,9-10,12-18,20-22H,5,8,11,19H2,1H3,(H,35,39)(H,37,38). The maximum Gasteiger partial charge on any atom is 0.303 e. The van der Waals surface area contributed by atoms with Gasteiger partial charge in [-0.3, -0.25) is 9.59 Å². The molecule has 1 amide bonds. The van der Waals surface area contributed by atoms with E-state index in [2.05, 4.69) is 15.4 Å². The molecule has 5 aromatic rings. The zero-order valence-electron chi connectivity index (χ0n) is 22.2. The van der Waals surface area contributed by atoms with Crippen LogP contribution in [0.25, 0.3) is 16.5 Å². The van der Waals surface area contributed by atoms with Crippen molar-refractivity contribution in [2.75, 3.05) is 5.32 Å². The van der Waals surface area contributed by atoms with Crippen molar-refractivity contribution in [2.24, 2.45) is 0 Å². The molecule has 202 valence electrons. The second kappa shape index (κ2) is 12.3. The molecule has 0 bridgehead atoms. The monoisotopic (exact) mass is 534 g/mol. The third kappa shape index (κ3) is 6.35. The van der Waals surface area contributed by atoms with Crippen molar-refractivity contribution < 1.29 is 19.4 Å². The van der Waals surface area contributed by atoms with Gasteiger partial charge >= 0.3 is 5.97 Å². The number of aliphatic carboxylic acids is 1.